The van der Waals surface area contributed by atoms with Crippen LogP contribution in [0.4, 0.5) is 11.5 Å². The van der Waals surface area contributed by atoms with Gasteiger partial charge in [-0.15, -0.1) is 0 Å². The molecule has 1 aromatic rings. The Balaban J connectivity index is 3.21. The molecule has 0 unspecified atom stereocenters. The van der Waals surface area contributed by atoms with E-state index in [1.165, 1.54) is 0 Å². The summed E-state index contributed by atoms with van der Waals surface area (Å²) in [4.78, 5) is 19.5. The van der Waals surface area contributed by atoms with Crippen molar-refractivity contribution in [1.82, 2.24) is 9.97 Å². The largest absolute Gasteiger partial charge is 0.473 e. The maximum absolute atomic E-state index is 11.4. The molecule has 0 saturated carbocycles. The summed E-state index contributed by atoms with van der Waals surface area (Å²) < 4.78 is 5.54. The summed E-state index contributed by atoms with van der Waals surface area (Å²) in [6, 6.07) is 0. The number of rotatable bonds is 9. The Bertz CT molecular complexity index is 504. The van der Waals surface area contributed by atoms with Crippen LogP contribution in [0.25, 0.3) is 0 Å². The van der Waals surface area contributed by atoms with Crippen molar-refractivity contribution in [3.63, 3.8) is 0 Å². The van der Waals surface area contributed by atoms with Gasteiger partial charge >= 0.3 is 5.69 Å². The Morgan fingerprint density at radius 3 is 2.45 bits per heavy atom. The number of anilines is 1. The summed E-state index contributed by atoms with van der Waals surface area (Å²) in [5.74, 6) is 1.26. The fraction of sp³-hybridized carbons (Fsp3) is 0.733. The van der Waals surface area contributed by atoms with Gasteiger partial charge < -0.3 is 10.1 Å². The lowest BCUT2D eigenvalue weighted by Crippen LogP contribution is -2.15. The van der Waals surface area contributed by atoms with Gasteiger partial charge in [-0.25, -0.2) is 4.98 Å². The Morgan fingerprint density at radius 1 is 1.27 bits per heavy atom. The lowest BCUT2D eigenvalue weighted by molar-refractivity contribution is -0.385. The molecule has 0 atom stereocenters. The molecule has 0 aliphatic carbocycles. The highest BCUT2D eigenvalue weighted by molar-refractivity contribution is 5.61. The van der Waals surface area contributed by atoms with Gasteiger partial charge in [-0.1, -0.05) is 41.0 Å². The average Bonchev–Trinajstić information content (AvgIpc) is 2.44. The van der Waals surface area contributed by atoms with E-state index in [1.807, 2.05) is 34.6 Å². The van der Waals surface area contributed by atoms with Crippen LogP contribution < -0.4 is 10.1 Å². The Hall–Kier alpha value is -1.92. The number of unbranched alkanes of at least 4 members (excludes halogenated alkanes) is 1. The minimum atomic E-state index is -0.478. The Kier molecular flexibility index (Phi) is 7.01. The minimum Gasteiger partial charge on any atom is -0.473 e. The van der Waals surface area contributed by atoms with Crippen LogP contribution in [0.1, 0.15) is 59.2 Å². The second-order valence-electron chi connectivity index (χ2n) is 5.97. The van der Waals surface area contributed by atoms with Gasteiger partial charge in [0.1, 0.15) is 5.82 Å². The van der Waals surface area contributed by atoms with Crippen LogP contribution in [0.3, 0.4) is 0 Å². The molecule has 7 nitrogen and oxygen atoms in total. The van der Waals surface area contributed by atoms with Crippen LogP contribution in [0.5, 0.6) is 5.88 Å². The van der Waals surface area contributed by atoms with Gasteiger partial charge in [0, 0.05) is 12.5 Å². The maximum atomic E-state index is 11.4. The molecule has 0 fully saturated rings. The summed E-state index contributed by atoms with van der Waals surface area (Å²) >= 11 is 0. The van der Waals surface area contributed by atoms with E-state index in [0.717, 1.165) is 12.8 Å². The zero-order valence-corrected chi connectivity index (χ0v) is 14.0. The predicted octanol–water partition coefficient (Wildman–Crippen LogP) is 3.76. The van der Waals surface area contributed by atoms with E-state index in [0.29, 0.717) is 24.9 Å². The highest BCUT2D eigenvalue weighted by atomic mass is 16.6. The summed E-state index contributed by atoms with van der Waals surface area (Å²) in [5, 5.41) is 14.5. The molecule has 1 heterocycles. The van der Waals surface area contributed by atoms with Gasteiger partial charge in [0.25, 0.3) is 5.88 Å². The molecule has 7 heteroatoms. The predicted molar refractivity (Wildman–Crippen MR) is 86.5 cm³/mol. The molecule has 124 valence electrons. The molecule has 0 aromatic carbocycles. The summed E-state index contributed by atoms with van der Waals surface area (Å²) in [5.41, 5.74) is -0.179. The van der Waals surface area contributed by atoms with E-state index in [2.05, 4.69) is 15.3 Å². The van der Waals surface area contributed by atoms with Crippen molar-refractivity contribution >= 4 is 11.5 Å². The first kappa shape index (κ1) is 18.1. The fourth-order valence-corrected chi connectivity index (χ4v) is 1.71. The number of hydrogen-bond donors (Lipinski definition) is 1. The molecule has 1 N–H and O–H groups in total. The first-order valence-corrected chi connectivity index (χ1v) is 7.79. The molecule has 0 bridgehead atoms. The first-order valence-electron chi connectivity index (χ1n) is 7.79. The van der Waals surface area contributed by atoms with E-state index in [-0.39, 0.29) is 23.3 Å². The zero-order chi connectivity index (χ0) is 16.7. The van der Waals surface area contributed by atoms with Crippen molar-refractivity contribution in [1.29, 1.82) is 0 Å². The van der Waals surface area contributed by atoms with Crippen molar-refractivity contribution in [3.8, 4) is 5.88 Å². The molecule has 0 radical (unpaired) electrons. The Labute approximate surface area is 131 Å². The smallest absolute Gasteiger partial charge is 0.372 e. The van der Waals surface area contributed by atoms with Gasteiger partial charge in [-0.05, 0) is 12.3 Å². The highest BCUT2D eigenvalue weighted by Gasteiger charge is 2.27. The van der Waals surface area contributed by atoms with Crippen LogP contribution in [-0.2, 0) is 0 Å². The number of nitrogens with one attached hydrogen (secondary N) is 1. The van der Waals surface area contributed by atoms with Crippen LogP contribution >= 0.6 is 0 Å². The topological polar surface area (TPSA) is 90.2 Å². The van der Waals surface area contributed by atoms with E-state index in [1.54, 1.807) is 0 Å². The molecule has 0 amide bonds. The van der Waals surface area contributed by atoms with Crippen molar-refractivity contribution in [2.75, 3.05) is 18.5 Å². The number of nitrogens with zero attached hydrogens (tertiary/aromatic N) is 3. The van der Waals surface area contributed by atoms with E-state index < -0.39 is 4.92 Å². The van der Waals surface area contributed by atoms with Gasteiger partial charge in [0.05, 0.1) is 11.5 Å². The molecule has 1 aromatic heterocycles. The SMILES string of the molecule is CCCCOc1nc(C(C)C)nc(NCC(C)C)c1[N+](=O)[O-]. The molecular weight excluding hydrogens is 284 g/mol. The van der Waals surface area contributed by atoms with E-state index >= 15 is 0 Å². The van der Waals surface area contributed by atoms with Crippen molar-refractivity contribution in [2.24, 2.45) is 5.92 Å². The third-order valence-corrected chi connectivity index (χ3v) is 2.98. The quantitative estimate of drug-likeness (QED) is 0.424. The average molecular weight is 310 g/mol. The van der Waals surface area contributed by atoms with E-state index in [4.69, 9.17) is 4.74 Å². The Morgan fingerprint density at radius 2 is 1.95 bits per heavy atom. The second-order valence-corrected chi connectivity index (χ2v) is 5.97. The normalized spacial score (nSPS) is 11.0. The molecule has 0 saturated heterocycles. The lowest BCUT2D eigenvalue weighted by Gasteiger charge is -2.14. The molecule has 1 rings (SSSR count). The zero-order valence-electron chi connectivity index (χ0n) is 14.0. The molecular formula is C15H26N4O3. The highest BCUT2D eigenvalue weighted by Crippen LogP contribution is 2.33. The molecule has 22 heavy (non-hydrogen) atoms. The lowest BCUT2D eigenvalue weighted by atomic mass is 10.2. The number of aromatic nitrogens is 2. The van der Waals surface area contributed by atoms with Gasteiger partial charge in [-0.3, -0.25) is 10.1 Å². The number of nitro groups is 1. The molecule has 0 aliphatic rings. The summed E-state index contributed by atoms with van der Waals surface area (Å²) in [6.45, 7) is 11.0. The molecule has 0 aliphatic heterocycles. The third kappa shape index (κ3) is 5.13. The van der Waals surface area contributed by atoms with Crippen molar-refractivity contribution < 1.29 is 9.66 Å². The van der Waals surface area contributed by atoms with Crippen LogP contribution in [0, 0.1) is 16.0 Å². The maximum Gasteiger partial charge on any atom is 0.372 e. The van der Waals surface area contributed by atoms with Crippen molar-refractivity contribution in [3.05, 3.63) is 15.9 Å². The number of ether oxygens (including phenoxy) is 1. The van der Waals surface area contributed by atoms with Crippen LogP contribution in [-0.4, -0.2) is 28.0 Å². The summed E-state index contributed by atoms with van der Waals surface area (Å²) in [7, 11) is 0. The second kappa shape index (κ2) is 8.51. The van der Waals surface area contributed by atoms with Gasteiger partial charge in [0.15, 0.2) is 0 Å². The standard InChI is InChI=1S/C15H26N4O3/c1-6-7-8-22-15-12(19(20)21)14(16-9-10(2)3)17-13(18-15)11(4)5/h10-11H,6-9H2,1-5H3,(H,16,17,18). The summed E-state index contributed by atoms with van der Waals surface area (Å²) in [6.07, 6.45) is 1.78. The fourth-order valence-electron chi connectivity index (χ4n) is 1.71. The van der Waals surface area contributed by atoms with E-state index in [9.17, 15) is 10.1 Å². The van der Waals surface area contributed by atoms with Gasteiger partial charge in [-0.2, -0.15) is 4.98 Å². The van der Waals surface area contributed by atoms with Crippen LogP contribution in [0.2, 0.25) is 0 Å². The van der Waals surface area contributed by atoms with Crippen LogP contribution in [0.15, 0.2) is 0 Å². The third-order valence-electron chi connectivity index (χ3n) is 2.98. The first-order chi connectivity index (χ1) is 10.4. The van der Waals surface area contributed by atoms with Crippen molar-refractivity contribution in [2.45, 2.75) is 53.4 Å². The molecule has 0 spiro atoms. The van der Waals surface area contributed by atoms with Gasteiger partial charge in [0.2, 0.25) is 5.82 Å². The monoisotopic (exact) mass is 310 g/mol. The number of hydrogen-bond acceptors (Lipinski definition) is 6. The minimum absolute atomic E-state index is 0.0587.